The molecule has 0 radical (unpaired) electrons. The number of carbonyl (C=O) groups excluding carboxylic acids is 1. The minimum absolute atomic E-state index is 0.212. The van der Waals surface area contributed by atoms with Gasteiger partial charge < -0.3 is 5.11 Å². The predicted octanol–water partition coefficient (Wildman–Crippen LogP) is -1.05. The highest BCUT2D eigenvalue weighted by atomic mass is 16.3. The van der Waals surface area contributed by atoms with Crippen molar-refractivity contribution in [3.8, 4) is 5.88 Å². The van der Waals surface area contributed by atoms with Crippen molar-refractivity contribution in [2.75, 3.05) is 0 Å². The lowest BCUT2D eigenvalue weighted by Gasteiger charge is -2.07. The maximum Gasteiger partial charge on any atom is 0.333 e. The molecule has 0 saturated carbocycles. The molecular formula is C13H13N5O4. The van der Waals surface area contributed by atoms with E-state index in [9.17, 15) is 19.5 Å². The number of nitrogens with zero attached hydrogens (tertiary/aromatic N) is 4. The average Bonchev–Trinajstić information content (AvgIpc) is 2.55. The van der Waals surface area contributed by atoms with Crippen molar-refractivity contribution in [1.29, 1.82) is 0 Å². The van der Waals surface area contributed by atoms with Gasteiger partial charge in [-0.2, -0.15) is 5.10 Å². The van der Waals surface area contributed by atoms with E-state index in [1.807, 2.05) is 0 Å². The minimum atomic E-state index is -0.722. The van der Waals surface area contributed by atoms with E-state index in [-0.39, 0.29) is 11.1 Å². The molecule has 0 spiro atoms. The highest BCUT2D eigenvalue weighted by molar-refractivity contribution is 5.94. The molecule has 0 fully saturated rings. The molecule has 1 amide bonds. The Hall–Kier alpha value is -3.23. The third-order valence-corrected chi connectivity index (χ3v) is 2.95. The largest absolute Gasteiger partial charge is 0.494 e. The van der Waals surface area contributed by atoms with Gasteiger partial charge in [0.1, 0.15) is 5.56 Å². The zero-order chi connectivity index (χ0) is 16.3. The molecule has 0 aliphatic rings. The molecule has 0 aliphatic heterocycles. The van der Waals surface area contributed by atoms with Gasteiger partial charge in [0.2, 0.25) is 5.88 Å². The van der Waals surface area contributed by atoms with E-state index in [1.54, 1.807) is 12.1 Å². The highest BCUT2D eigenvalue weighted by Crippen LogP contribution is 2.05. The summed E-state index contributed by atoms with van der Waals surface area (Å²) >= 11 is 0. The summed E-state index contributed by atoms with van der Waals surface area (Å²) in [5.74, 6) is -1.06. The van der Waals surface area contributed by atoms with E-state index in [4.69, 9.17) is 0 Å². The summed E-state index contributed by atoms with van der Waals surface area (Å²) in [4.78, 5) is 39.0. The summed E-state index contributed by atoms with van der Waals surface area (Å²) < 4.78 is 1.72. The van der Waals surface area contributed by atoms with Gasteiger partial charge in [-0.3, -0.25) is 23.7 Å². The number of hydrazone groups is 1. The van der Waals surface area contributed by atoms with Crippen molar-refractivity contribution in [2.24, 2.45) is 19.2 Å². The second-order valence-electron chi connectivity index (χ2n) is 4.38. The van der Waals surface area contributed by atoms with Gasteiger partial charge in [-0.1, -0.05) is 0 Å². The lowest BCUT2D eigenvalue weighted by Crippen LogP contribution is -2.38. The van der Waals surface area contributed by atoms with E-state index in [0.29, 0.717) is 0 Å². The van der Waals surface area contributed by atoms with Crippen LogP contribution in [0.5, 0.6) is 5.88 Å². The first kappa shape index (κ1) is 15.2. The van der Waals surface area contributed by atoms with Crippen molar-refractivity contribution < 1.29 is 9.90 Å². The summed E-state index contributed by atoms with van der Waals surface area (Å²) in [6.07, 6.45) is 3.85. The Kier molecular flexibility index (Phi) is 4.16. The van der Waals surface area contributed by atoms with E-state index >= 15 is 0 Å². The van der Waals surface area contributed by atoms with E-state index < -0.39 is 23.0 Å². The van der Waals surface area contributed by atoms with Crippen LogP contribution in [0.3, 0.4) is 0 Å². The number of carbonyl (C=O) groups is 1. The molecule has 0 saturated heterocycles. The van der Waals surface area contributed by atoms with Gasteiger partial charge in [-0.15, -0.1) is 0 Å². The molecule has 9 heteroatoms. The van der Waals surface area contributed by atoms with Gasteiger partial charge in [0.25, 0.3) is 11.5 Å². The molecule has 9 nitrogen and oxygen atoms in total. The number of nitrogens with one attached hydrogen (secondary N) is 1. The number of pyridine rings is 1. The first-order valence-electron chi connectivity index (χ1n) is 6.16. The summed E-state index contributed by atoms with van der Waals surface area (Å²) in [5, 5.41) is 13.4. The highest BCUT2D eigenvalue weighted by Gasteiger charge is 2.13. The molecule has 2 rings (SSSR count). The van der Waals surface area contributed by atoms with Crippen molar-refractivity contribution in [3.63, 3.8) is 0 Å². The predicted molar refractivity (Wildman–Crippen MR) is 77.9 cm³/mol. The molecular weight excluding hydrogens is 290 g/mol. The van der Waals surface area contributed by atoms with Crippen molar-refractivity contribution in [2.45, 2.75) is 0 Å². The number of aromatic nitrogens is 3. The number of amides is 1. The fourth-order valence-corrected chi connectivity index (χ4v) is 1.69. The summed E-state index contributed by atoms with van der Waals surface area (Å²) in [6, 6.07) is 3.13. The topological polar surface area (TPSA) is 119 Å². The third kappa shape index (κ3) is 2.77. The molecule has 2 aromatic rings. The van der Waals surface area contributed by atoms with Gasteiger partial charge in [0.05, 0.1) is 11.8 Å². The zero-order valence-corrected chi connectivity index (χ0v) is 11.8. The zero-order valence-electron chi connectivity index (χ0n) is 11.8. The molecule has 2 aromatic heterocycles. The molecule has 114 valence electrons. The number of aromatic hydroxyl groups is 1. The van der Waals surface area contributed by atoms with Gasteiger partial charge in [-0.25, -0.2) is 10.2 Å². The van der Waals surface area contributed by atoms with Crippen LogP contribution in [-0.2, 0) is 14.1 Å². The Labute approximate surface area is 124 Å². The molecule has 0 unspecified atom stereocenters. The van der Waals surface area contributed by atoms with Crippen molar-refractivity contribution in [1.82, 2.24) is 19.5 Å². The van der Waals surface area contributed by atoms with Crippen LogP contribution in [-0.4, -0.2) is 31.3 Å². The first-order valence-corrected chi connectivity index (χ1v) is 6.16. The van der Waals surface area contributed by atoms with E-state index in [0.717, 1.165) is 15.3 Å². The molecule has 0 aromatic carbocycles. The maximum atomic E-state index is 11.9. The van der Waals surface area contributed by atoms with E-state index in [1.165, 1.54) is 26.5 Å². The normalized spacial score (nSPS) is 10.8. The average molecular weight is 303 g/mol. The van der Waals surface area contributed by atoms with E-state index in [2.05, 4.69) is 15.5 Å². The number of rotatable bonds is 3. The Morgan fingerprint density at radius 3 is 2.73 bits per heavy atom. The lowest BCUT2D eigenvalue weighted by atomic mass is 10.3. The fraction of sp³-hybridized carbons (Fsp3) is 0.154. The molecule has 0 atom stereocenters. The van der Waals surface area contributed by atoms with Crippen LogP contribution in [0.2, 0.25) is 0 Å². The van der Waals surface area contributed by atoms with Gasteiger partial charge in [0, 0.05) is 26.5 Å². The number of hydrogen-bond donors (Lipinski definition) is 2. The molecule has 0 bridgehead atoms. The van der Waals surface area contributed by atoms with Crippen LogP contribution in [0.1, 0.15) is 15.9 Å². The molecule has 0 aliphatic carbocycles. The lowest BCUT2D eigenvalue weighted by molar-refractivity contribution is 0.0954. The summed E-state index contributed by atoms with van der Waals surface area (Å²) in [6.45, 7) is 0. The third-order valence-electron chi connectivity index (χ3n) is 2.95. The van der Waals surface area contributed by atoms with Gasteiger partial charge >= 0.3 is 5.69 Å². The van der Waals surface area contributed by atoms with Crippen LogP contribution < -0.4 is 16.7 Å². The molecule has 2 heterocycles. The number of hydrogen-bond acceptors (Lipinski definition) is 6. The fourth-order valence-electron chi connectivity index (χ4n) is 1.69. The quantitative estimate of drug-likeness (QED) is 0.554. The maximum absolute atomic E-state index is 11.9. The second-order valence-corrected chi connectivity index (χ2v) is 4.38. The summed E-state index contributed by atoms with van der Waals surface area (Å²) in [7, 11) is 2.58. The van der Waals surface area contributed by atoms with Crippen molar-refractivity contribution >= 4 is 12.1 Å². The Morgan fingerprint density at radius 1 is 1.36 bits per heavy atom. The molecule has 22 heavy (non-hydrogen) atoms. The standard InChI is InChI=1S/C13H13N5O4/c1-17-11(20)9(12(21)18(2)13(17)22)7-15-16-10(19)8-4-3-5-14-6-8/h3-7,20H,1-2H3,(H,16,19). The molecule has 2 N–H and O–H groups in total. The Balaban J connectivity index is 2.27. The van der Waals surface area contributed by atoms with Crippen LogP contribution in [0, 0.1) is 0 Å². The first-order chi connectivity index (χ1) is 10.4. The Bertz CT molecular complexity index is 851. The van der Waals surface area contributed by atoms with Gasteiger partial charge in [0.15, 0.2) is 0 Å². The van der Waals surface area contributed by atoms with Crippen LogP contribution in [0.25, 0.3) is 0 Å². The Morgan fingerprint density at radius 2 is 2.09 bits per heavy atom. The van der Waals surface area contributed by atoms with Crippen LogP contribution in [0.4, 0.5) is 0 Å². The SMILES string of the molecule is Cn1c(O)c(C=NNC(=O)c2cccnc2)c(=O)n(C)c1=O. The second kappa shape index (κ2) is 6.04. The van der Waals surface area contributed by atoms with Gasteiger partial charge in [-0.05, 0) is 12.1 Å². The minimum Gasteiger partial charge on any atom is -0.494 e. The van der Waals surface area contributed by atoms with Crippen LogP contribution in [0.15, 0.2) is 39.2 Å². The summed E-state index contributed by atoms with van der Waals surface area (Å²) in [5.41, 5.74) is 0.887. The van der Waals surface area contributed by atoms with Crippen LogP contribution >= 0.6 is 0 Å². The smallest absolute Gasteiger partial charge is 0.333 e. The van der Waals surface area contributed by atoms with Crippen molar-refractivity contribution in [3.05, 3.63) is 56.5 Å². The monoisotopic (exact) mass is 303 g/mol.